The molecule has 1 saturated carbocycles. The van der Waals surface area contributed by atoms with Crippen LogP contribution >= 0.6 is 11.6 Å². The zero-order valence-electron chi connectivity index (χ0n) is 17.2. The first-order valence-electron chi connectivity index (χ1n) is 10.7. The van der Waals surface area contributed by atoms with Gasteiger partial charge < -0.3 is 4.74 Å². The molecule has 0 radical (unpaired) electrons. The zero-order chi connectivity index (χ0) is 20.7. The Balaban J connectivity index is 1.26. The van der Waals surface area contributed by atoms with Crippen molar-refractivity contribution in [2.75, 3.05) is 20.2 Å². The van der Waals surface area contributed by atoms with Gasteiger partial charge in [-0.3, -0.25) is 9.30 Å². The van der Waals surface area contributed by atoms with E-state index in [4.69, 9.17) is 16.3 Å². The molecule has 0 unspecified atom stereocenters. The molecule has 3 aromatic rings. The van der Waals surface area contributed by atoms with Gasteiger partial charge in [0.25, 0.3) is 0 Å². The van der Waals surface area contributed by atoms with Gasteiger partial charge in [-0.1, -0.05) is 17.7 Å². The van der Waals surface area contributed by atoms with Crippen molar-refractivity contribution in [2.45, 2.75) is 44.6 Å². The van der Waals surface area contributed by atoms with Crippen molar-refractivity contribution >= 4 is 17.2 Å². The molecule has 2 aliphatic rings. The highest BCUT2D eigenvalue weighted by Crippen LogP contribution is 2.36. The normalized spacial score (nSPS) is 18.2. The van der Waals surface area contributed by atoms with Gasteiger partial charge in [0.1, 0.15) is 17.4 Å². The van der Waals surface area contributed by atoms with Crippen molar-refractivity contribution in [3.8, 4) is 5.75 Å². The van der Waals surface area contributed by atoms with Crippen LogP contribution in [0.25, 0.3) is 5.65 Å². The number of hydrogen-bond donors (Lipinski definition) is 0. The Morgan fingerprint density at radius 3 is 2.67 bits per heavy atom. The highest BCUT2D eigenvalue weighted by molar-refractivity contribution is 6.34. The molecular weight excluding hydrogens is 403 g/mol. The third kappa shape index (κ3) is 3.91. The highest BCUT2D eigenvalue weighted by atomic mass is 35.5. The minimum atomic E-state index is -0.258. The number of rotatable bonds is 6. The number of likely N-dealkylation sites (tertiary alicyclic amines) is 1. The van der Waals surface area contributed by atoms with E-state index in [1.54, 1.807) is 7.11 Å². The van der Waals surface area contributed by atoms with Gasteiger partial charge in [0.2, 0.25) is 0 Å². The van der Waals surface area contributed by atoms with Crippen molar-refractivity contribution in [2.24, 2.45) is 5.92 Å². The zero-order valence-corrected chi connectivity index (χ0v) is 17.9. The van der Waals surface area contributed by atoms with Gasteiger partial charge in [-0.15, -0.1) is 10.2 Å². The molecule has 158 valence electrons. The smallest absolute Gasteiger partial charge is 0.179 e. The van der Waals surface area contributed by atoms with E-state index in [0.717, 1.165) is 67.4 Å². The summed E-state index contributed by atoms with van der Waals surface area (Å²) in [6.45, 7) is 2.73. The van der Waals surface area contributed by atoms with Gasteiger partial charge in [0.15, 0.2) is 5.65 Å². The molecule has 1 aromatic carbocycles. The Labute approximate surface area is 180 Å². The number of halogens is 2. The summed E-state index contributed by atoms with van der Waals surface area (Å²) in [5, 5.41) is 9.42. The van der Waals surface area contributed by atoms with E-state index in [-0.39, 0.29) is 5.82 Å². The van der Waals surface area contributed by atoms with Crippen LogP contribution in [0.4, 0.5) is 4.39 Å². The largest absolute Gasteiger partial charge is 0.496 e. The summed E-state index contributed by atoms with van der Waals surface area (Å²) >= 11 is 6.70. The molecule has 2 aromatic heterocycles. The van der Waals surface area contributed by atoms with Crippen LogP contribution in [0.1, 0.15) is 48.6 Å². The molecule has 0 bridgehead atoms. The van der Waals surface area contributed by atoms with Crippen LogP contribution in [0.15, 0.2) is 30.5 Å². The van der Waals surface area contributed by atoms with E-state index < -0.39 is 0 Å². The quantitative estimate of drug-likeness (QED) is 0.562. The molecule has 0 amide bonds. The summed E-state index contributed by atoms with van der Waals surface area (Å²) in [6.07, 6.45) is 7.65. The number of aromatic nitrogens is 3. The van der Waals surface area contributed by atoms with Gasteiger partial charge in [0.05, 0.1) is 12.1 Å². The molecule has 1 saturated heterocycles. The first-order chi connectivity index (χ1) is 14.6. The maximum Gasteiger partial charge on any atom is 0.179 e. The van der Waals surface area contributed by atoms with E-state index in [1.807, 2.05) is 10.5 Å². The van der Waals surface area contributed by atoms with Gasteiger partial charge in [-0.2, -0.15) is 0 Å². The molecule has 0 N–H and O–H groups in total. The average Bonchev–Trinajstić information content (AvgIpc) is 3.49. The fourth-order valence-electron chi connectivity index (χ4n) is 4.52. The number of fused-ring (bicyclic) bond motifs is 1. The second kappa shape index (κ2) is 8.16. The van der Waals surface area contributed by atoms with Crippen molar-refractivity contribution in [3.05, 3.63) is 58.3 Å². The molecule has 5 nitrogen and oxygen atoms in total. The standard InChI is InChI=1S/C23H26ClFN4O/c1-30-20-13-18(25)4-5-19(20)16-6-9-28(10-7-16)14-17-8-11-29-21(12-15-2-3-15)26-27-23(29)22(17)24/h4-5,8,11,13,15-16H,2-3,6-7,9-10,12,14H2,1H3. The second-order valence-electron chi connectivity index (χ2n) is 8.55. The Bertz CT molecular complexity index is 1060. The molecule has 30 heavy (non-hydrogen) atoms. The second-order valence-corrected chi connectivity index (χ2v) is 8.93. The number of pyridine rings is 1. The van der Waals surface area contributed by atoms with Crippen molar-refractivity contribution in [3.63, 3.8) is 0 Å². The lowest BCUT2D eigenvalue weighted by atomic mass is 9.88. The monoisotopic (exact) mass is 428 g/mol. The van der Waals surface area contributed by atoms with E-state index in [1.165, 1.54) is 25.0 Å². The lowest BCUT2D eigenvalue weighted by molar-refractivity contribution is 0.203. The summed E-state index contributed by atoms with van der Waals surface area (Å²) < 4.78 is 21.0. The molecule has 2 fully saturated rings. The summed E-state index contributed by atoms with van der Waals surface area (Å²) in [5.74, 6) is 2.55. The Morgan fingerprint density at radius 1 is 1.13 bits per heavy atom. The Hall–Kier alpha value is -2.18. The maximum absolute atomic E-state index is 13.5. The average molecular weight is 429 g/mol. The minimum absolute atomic E-state index is 0.258. The van der Waals surface area contributed by atoms with E-state index in [9.17, 15) is 4.39 Å². The number of hydrogen-bond acceptors (Lipinski definition) is 4. The molecule has 0 atom stereocenters. The SMILES string of the molecule is COc1cc(F)ccc1C1CCN(Cc2ccn3c(CC4CC4)nnc3c2Cl)CC1. The van der Waals surface area contributed by atoms with Crippen molar-refractivity contribution in [1.82, 2.24) is 19.5 Å². The number of benzene rings is 1. The lowest BCUT2D eigenvalue weighted by Gasteiger charge is -2.33. The van der Waals surface area contributed by atoms with Gasteiger partial charge >= 0.3 is 0 Å². The fourth-order valence-corrected chi connectivity index (χ4v) is 4.77. The van der Waals surface area contributed by atoms with Crippen LogP contribution in [0.5, 0.6) is 5.75 Å². The number of ether oxygens (including phenoxy) is 1. The van der Waals surface area contributed by atoms with E-state index in [2.05, 4.69) is 27.4 Å². The van der Waals surface area contributed by atoms with Crippen LogP contribution in [0.3, 0.4) is 0 Å². The Morgan fingerprint density at radius 2 is 1.93 bits per heavy atom. The fraction of sp³-hybridized carbons (Fsp3) is 0.478. The molecule has 3 heterocycles. The highest BCUT2D eigenvalue weighted by Gasteiger charge is 2.26. The Kier molecular flexibility index (Phi) is 5.37. The molecule has 0 spiro atoms. The summed E-state index contributed by atoms with van der Waals surface area (Å²) in [5.41, 5.74) is 2.95. The minimum Gasteiger partial charge on any atom is -0.496 e. The number of piperidine rings is 1. The van der Waals surface area contributed by atoms with Crippen LogP contribution in [0, 0.1) is 11.7 Å². The maximum atomic E-state index is 13.5. The third-order valence-corrected chi connectivity index (χ3v) is 6.87. The number of methoxy groups -OCH3 is 1. The van der Waals surface area contributed by atoms with Crippen LogP contribution < -0.4 is 4.74 Å². The topological polar surface area (TPSA) is 42.7 Å². The summed E-state index contributed by atoms with van der Waals surface area (Å²) in [6, 6.07) is 6.97. The predicted octanol–water partition coefficient (Wildman–Crippen LogP) is 4.86. The molecule has 1 aliphatic carbocycles. The van der Waals surface area contributed by atoms with Crippen LogP contribution in [-0.2, 0) is 13.0 Å². The third-order valence-electron chi connectivity index (χ3n) is 6.45. The number of nitrogens with zero attached hydrogens (tertiary/aromatic N) is 4. The summed E-state index contributed by atoms with van der Waals surface area (Å²) in [7, 11) is 1.60. The van der Waals surface area contributed by atoms with Gasteiger partial charge in [-0.25, -0.2) is 4.39 Å². The van der Waals surface area contributed by atoms with Crippen molar-refractivity contribution in [1.29, 1.82) is 0 Å². The lowest BCUT2D eigenvalue weighted by Crippen LogP contribution is -2.32. The molecule has 5 rings (SSSR count). The first-order valence-corrected chi connectivity index (χ1v) is 11.1. The van der Waals surface area contributed by atoms with Gasteiger partial charge in [0, 0.05) is 25.2 Å². The van der Waals surface area contributed by atoms with Crippen LogP contribution in [-0.4, -0.2) is 39.7 Å². The van der Waals surface area contributed by atoms with E-state index >= 15 is 0 Å². The van der Waals surface area contributed by atoms with Crippen LogP contribution in [0.2, 0.25) is 5.02 Å². The molecule has 1 aliphatic heterocycles. The molecular formula is C23H26ClFN4O. The first kappa shape index (κ1) is 19.8. The molecule has 7 heteroatoms. The van der Waals surface area contributed by atoms with Crippen molar-refractivity contribution < 1.29 is 9.13 Å². The van der Waals surface area contributed by atoms with Gasteiger partial charge in [-0.05, 0) is 73.9 Å². The predicted molar refractivity (Wildman–Crippen MR) is 115 cm³/mol. The van der Waals surface area contributed by atoms with E-state index in [0.29, 0.717) is 16.7 Å². The summed E-state index contributed by atoms with van der Waals surface area (Å²) in [4.78, 5) is 2.42.